The summed E-state index contributed by atoms with van der Waals surface area (Å²) < 4.78 is 0. The minimum absolute atomic E-state index is 0.0707. The van der Waals surface area contributed by atoms with Crippen molar-refractivity contribution in [2.45, 2.75) is 33.6 Å². The summed E-state index contributed by atoms with van der Waals surface area (Å²) in [6.07, 6.45) is 2.50. The number of hydrogen-bond donors (Lipinski definition) is 2. The van der Waals surface area contributed by atoms with Gasteiger partial charge in [-0.2, -0.15) is 0 Å². The fourth-order valence-electron chi connectivity index (χ4n) is 3.39. The Morgan fingerprint density at radius 1 is 1.32 bits per heavy atom. The van der Waals surface area contributed by atoms with Crippen LogP contribution in [0.25, 0.3) is 0 Å². The summed E-state index contributed by atoms with van der Waals surface area (Å²) in [7, 11) is 2.03. The van der Waals surface area contributed by atoms with Gasteiger partial charge in [-0.05, 0) is 70.8 Å². The number of carbonyl (C=O) groups is 1. The van der Waals surface area contributed by atoms with Crippen molar-refractivity contribution in [2.75, 3.05) is 38.5 Å². The molecule has 22 heavy (non-hydrogen) atoms. The summed E-state index contributed by atoms with van der Waals surface area (Å²) in [5.74, 6) is 0.732. The van der Waals surface area contributed by atoms with E-state index in [2.05, 4.69) is 34.6 Å². The van der Waals surface area contributed by atoms with Gasteiger partial charge >= 0.3 is 0 Å². The molecule has 1 aromatic rings. The van der Waals surface area contributed by atoms with Crippen molar-refractivity contribution in [2.24, 2.45) is 5.92 Å². The topological polar surface area (TPSA) is 44.4 Å². The zero-order valence-corrected chi connectivity index (χ0v) is 14.3. The molecule has 1 unspecified atom stereocenters. The number of piperidine rings is 1. The van der Waals surface area contributed by atoms with Crippen molar-refractivity contribution in [3.63, 3.8) is 0 Å². The monoisotopic (exact) mass is 303 g/mol. The molecule has 0 spiro atoms. The highest BCUT2D eigenvalue weighted by atomic mass is 16.2. The Balaban J connectivity index is 1.87. The molecule has 0 saturated carbocycles. The van der Waals surface area contributed by atoms with Gasteiger partial charge in [0.25, 0.3) is 0 Å². The maximum Gasteiger partial charge on any atom is 0.238 e. The van der Waals surface area contributed by atoms with Crippen LogP contribution in [0, 0.1) is 26.7 Å². The van der Waals surface area contributed by atoms with Crippen molar-refractivity contribution >= 4 is 11.6 Å². The molecular formula is C18H29N3O. The maximum absolute atomic E-state index is 12.3. The van der Waals surface area contributed by atoms with E-state index >= 15 is 0 Å². The van der Waals surface area contributed by atoms with E-state index in [4.69, 9.17) is 0 Å². The van der Waals surface area contributed by atoms with Crippen LogP contribution in [0.5, 0.6) is 0 Å². The van der Waals surface area contributed by atoms with Crippen LogP contribution in [0.15, 0.2) is 12.1 Å². The quantitative estimate of drug-likeness (QED) is 0.878. The number of anilines is 1. The van der Waals surface area contributed by atoms with Gasteiger partial charge in [0.05, 0.1) is 6.54 Å². The van der Waals surface area contributed by atoms with E-state index < -0.39 is 0 Å². The standard InChI is InChI=1S/C18H29N3O/c1-13-8-14(2)18(15(3)9-13)20-17(22)12-21(4)11-16-6-5-7-19-10-16/h8-9,16,19H,5-7,10-12H2,1-4H3,(H,20,22). The summed E-state index contributed by atoms with van der Waals surface area (Å²) in [6.45, 7) is 9.81. The number of aryl methyl sites for hydroxylation is 3. The second kappa shape index (κ2) is 7.75. The van der Waals surface area contributed by atoms with Gasteiger partial charge in [-0.1, -0.05) is 17.7 Å². The number of amides is 1. The van der Waals surface area contributed by atoms with E-state index in [1.807, 2.05) is 20.9 Å². The van der Waals surface area contributed by atoms with Crippen LogP contribution in [-0.4, -0.2) is 44.0 Å². The SMILES string of the molecule is Cc1cc(C)c(NC(=O)CN(C)CC2CCCNC2)c(C)c1. The fraction of sp³-hybridized carbons (Fsp3) is 0.611. The lowest BCUT2D eigenvalue weighted by Gasteiger charge is -2.27. The zero-order valence-electron chi connectivity index (χ0n) is 14.3. The largest absolute Gasteiger partial charge is 0.324 e. The Labute approximate surface area is 134 Å². The highest BCUT2D eigenvalue weighted by Crippen LogP contribution is 2.21. The van der Waals surface area contributed by atoms with Crippen molar-refractivity contribution in [1.82, 2.24) is 10.2 Å². The molecule has 1 aromatic carbocycles. The second-order valence-electron chi connectivity index (χ2n) is 6.73. The molecule has 0 aromatic heterocycles. The van der Waals surface area contributed by atoms with Gasteiger partial charge in [0.2, 0.25) is 5.91 Å². The number of carbonyl (C=O) groups excluding carboxylic acids is 1. The molecule has 0 radical (unpaired) electrons. The average molecular weight is 303 g/mol. The summed E-state index contributed by atoms with van der Waals surface area (Å²) in [5.41, 5.74) is 4.45. The van der Waals surface area contributed by atoms with Crippen LogP contribution in [0.2, 0.25) is 0 Å². The van der Waals surface area contributed by atoms with E-state index in [1.54, 1.807) is 0 Å². The van der Waals surface area contributed by atoms with Gasteiger partial charge < -0.3 is 10.6 Å². The lowest BCUT2D eigenvalue weighted by atomic mass is 9.99. The van der Waals surface area contributed by atoms with Crippen LogP contribution >= 0.6 is 0 Å². The molecule has 1 saturated heterocycles. The van der Waals surface area contributed by atoms with Crippen molar-refractivity contribution in [3.8, 4) is 0 Å². The molecular weight excluding hydrogens is 274 g/mol. The van der Waals surface area contributed by atoms with E-state index in [-0.39, 0.29) is 5.91 Å². The van der Waals surface area contributed by atoms with Crippen molar-refractivity contribution < 1.29 is 4.79 Å². The van der Waals surface area contributed by atoms with E-state index in [0.717, 1.165) is 36.4 Å². The minimum Gasteiger partial charge on any atom is -0.324 e. The maximum atomic E-state index is 12.3. The van der Waals surface area contributed by atoms with Crippen LogP contribution < -0.4 is 10.6 Å². The van der Waals surface area contributed by atoms with Gasteiger partial charge in [0, 0.05) is 12.2 Å². The molecule has 4 nitrogen and oxygen atoms in total. The van der Waals surface area contributed by atoms with Crippen LogP contribution in [0.1, 0.15) is 29.5 Å². The molecule has 1 fully saturated rings. The fourth-order valence-corrected chi connectivity index (χ4v) is 3.39. The van der Waals surface area contributed by atoms with Crippen molar-refractivity contribution in [1.29, 1.82) is 0 Å². The summed E-state index contributed by atoms with van der Waals surface area (Å²) in [6, 6.07) is 4.22. The second-order valence-corrected chi connectivity index (χ2v) is 6.73. The number of rotatable bonds is 5. The summed E-state index contributed by atoms with van der Waals surface area (Å²) in [5, 5.41) is 6.50. The molecule has 4 heteroatoms. The van der Waals surface area contributed by atoms with E-state index in [0.29, 0.717) is 12.5 Å². The lowest BCUT2D eigenvalue weighted by molar-refractivity contribution is -0.117. The molecule has 1 heterocycles. The first-order valence-electron chi connectivity index (χ1n) is 8.22. The van der Waals surface area contributed by atoms with Gasteiger partial charge in [-0.3, -0.25) is 9.69 Å². The predicted molar refractivity (Wildman–Crippen MR) is 92.4 cm³/mol. The molecule has 122 valence electrons. The molecule has 1 aliphatic rings. The van der Waals surface area contributed by atoms with Gasteiger partial charge in [-0.25, -0.2) is 0 Å². The Bertz CT molecular complexity index is 498. The smallest absolute Gasteiger partial charge is 0.238 e. The summed E-state index contributed by atoms with van der Waals surface area (Å²) in [4.78, 5) is 14.4. The summed E-state index contributed by atoms with van der Waals surface area (Å²) >= 11 is 0. The van der Waals surface area contributed by atoms with Crippen molar-refractivity contribution in [3.05, 3.63) is 28.8 Å². The third kappa shape index (κ3) is 4.82. The van der Waals surface area contributed by atoms with Gasteiger partial charge in [0.1, 0.15) is 0 Å². The third-order valence-corrected chi connectivity index (χ3v) is 4.32. The number of nitrogens with zero attached hydrogens (tertiary/aromatic N) is 1. The molecule has 2 rings (SSSR count). The van der Waals surface area contributed by atoms with Gasteiger partial charge in [0.15, 0.2) is 0 Å². The third-order valence-electron chi connectivity index (χ3n) is 4.32. The predicted octanol–water partition coefficient (Wildman–Crippen LogP) is 2.48. The van der Waals surface area contributed by atoms with Crippen LogP contribution in [0.3, 0.4) is 0 Å². The number of benzene rings is 1. The van der Waals surface area contributed by atoms with Crippen LogP contribution in [-0.2, 0) is 4.79 Å². The van der Waals surface area contributed by atoms with Gasteiger partial charge in [-0.15, -0.1) is 0 Å². The lowest BCUT2D eigenvalue weighted by Crippen LogP contribution is -2.39. The van der Waals surface area contributed by atoms with E-state index in [9.17, 15) is 4.79 Å². The first-order valence-corrected chi connectivity index (χ1v) is 8.22. The highest BCUT2D eigenvalue weighted by molar-refractivity contribution is 5.93. The molecule has 1 aliphatic heterocycles. The first kappa shape index (κ1) is 17.0. The van der Waals surface area contributed by atoms with E-state index in [1.165, 1.54) is 18.4 Å². The Kier molecular flexibility index (Phi) is 5.98. The molecule has 2 N–H and O–H groups in total. The zero-order chi connectivity index (χ0) is 16.1. The Morgan fingerprint density at radius 3 is 2.59 bits per heavy atom. The number of nitrogens with one attached hydrogen (secondary N) is 2. The average Bonchev–Trinajstić information content (AvgIpc) is 2.43. The Morgan fingerprint density at radius 2 is 2.00 bits per heavy atom. The Hall–Kier alpha value is -1.39. The number of likely N-dealkylation sites (N-methyl/N-ethyl adjacent to an activating group) is 1. The first-order chi connectivity index (χ1) is 10.5. The van der Waals surface area contributed by atoms with Crippen LogP contribution in [0.4, 0.5) is 5.69 Å². The minimum atomic E-state index is 0.0707. The molecule has 0 aliphatic carbocycles. The molecule has 0 bridgehead atoms. The highest BCUT2D eigenvalue weighted by Gasteiger charge is 2.17. The molecule has 1 atom stereocenters. The normalized spacial score (nSPS) is 18.5. The number of hydrogen-bond acceptors (Lipinski definition) is 3. The molecule has 1 amide bonds.